The molecule has 8 heteroatoms. The minimum absolute atomic E-state index is 0.0624. The molecule has 2 aliphatic rings. The first-order chi connectivity index (χ1) is 16.7. The maximum atomic E-state index is 13.3. The third kappa shape index (κ3) is 3.51. The van der Waals surface area contributed by atoms with Gasteiger partial charge in [0, 0.05) is 27.0 Å². The van der Waals surface area contributed by atoms with Crippen molar-refractivity contribution in [2.24, 2.45) is 0 Å². The molecule has 0 atom stereocenters. The largest absolute Gasteiger partial charge is 0.493 e. The van der Waals surface area contributed by atoms with E-state index >= 15 is 0 Å². The summed E-state index contributed by atoms with van der Waals surface area (Å²) >= 11 is 1.60. The fourth-order valence-electron chi connectivity index (χ4n) is 4.15. The van der Waals surface area contributed by atoms with Crippen LogP contribution in [0.15, 0.2) is 75.0 Å². The summed E-state index contributed by atoms with van der Waals surface area (Å²) in [6.07, 6.45) is 2.05. The van der Waals surface area contributed by atoms with Gasteiger partial charge < -0.3 is 18.9 Å². The molecule has 1 aromatic heterocycles. The van der Waals surface area contributed by atoms with Crippen LogP contribution in [0.3, 0.4) is 0 Å². The van der Waals surface area contributed by atoms with Crippen molar-refractivity contribution in [3.8, 4) is 34.3 Å². The molecule has 0 unspecified atom stereocenters. The zero-order chi connectivity index (χ0) is 23.2. The molecule has 0 radical (unpaired) electrons. The number of amides is 1. The normalized spacial score (nSPS) is 14.9. The van der Waals surface area contributed by atoms with Gasteiger partial charge in [-0.15, -0.1) is 0 Å². The molecule has 0 N–H and O–H groups in total. The van der Waals surface area contributed by atoms with Gasteiger partial charge in [-0.1, -0.05) is 29.1 Å². The van der Waals surface area contributed by atoms with E-state index < -0.39 is 0 Å². The van der Waals surface area contributed by atoms with Crippen LogP contribution >= 0.6 is 11.8 Å². The molecule has 1 fully saturated rings. The lowest BCUT2D eigenvalue weighted by atomic mass is 10.1. The summed E-state index contributed by atoms with van der Waals surface area (Å²) in [6.45, 7) is 0. The first-order valence-corrected chi connectivity index (χ1v) is 11.8. The van der Waals surface area contributed by atoms with Crippen LogP contribution in [0, 0.1) is 0 Å². The van der Waals surface area contributed by atoms with Crippen molar-refractivity contribution in [2.45, 2.75) is 28.7 Å². The average Bonchev–Trinajstić information content (AvgIpc) is 3.60. The van der Waals surface area contributed by atoms with E-state index in [-0.39, 0.29) is 11.9 Å². The van der Waals surface area contributed by atoms with Crippen LogP contribution in [0.5, 0.6) is 11.5 Å². The highest BCUT2D eigenvalue weighted by Gasteiger charge is 2.38. The Balaban J connectivity index is 1.39. The van der Waals surface area contributed by atoms with Gasteiger partial charge in [0.05, 0.1) is 25.5 Å². The van der Waals surface area contributed by atoms with Crippen molar-refractivity contribution in [1.29, 1.82) is 0 Å². The van der Waals surface area contributed by atoms with Crippen molar-refractivity contribution in [3.63, 3.8) is 0 Å². The zero-order valence-electron chi connectivity index (χ0n) is 18.6. The number of benzene rings is 3. The quantitative estimate of drug-likeness (QED) is 0.370. The van der Waals surface area contributed by atoms with Crippen molar-refractivity contribution < 1.29 is 18.8 Å². The third-order valence-electron chi connectivity index (χ3n) is 6.00. The number of carbonyl (C=O) groups is 1. The predicted octanol–water partition coefficient (Wildman–Crippen LogP) is 5.69. The number of aromatic nitrogens is 2. The van der Waals surface area contributed by atoms with E-state index in [1.165, 1.54) is 0 Å². The fraction of sp³-hybridized carbons (Fsp3) is 0.192. The molecule has 1 amide bonds. The maximum Gasteiger partial charge on any atom is 0.259 e. The molecule has 1 saturated carbocycles. The highest BCUT2D eigenvalue weighted by Crippen LogP contribution is 2.46. The Morgan fingerprint density at radius 1 is 0.941 bits per heavy atom. The highest BCUT2D eigenvalue weighted by atomic mass is 32.2. The standard InChI is InChI=1S/C26H21N3O4S/c1-31-20-12-8-16(13-21(20)32-2)25-27-24(28-33-25)15-7-11-19-23(14-15)34-22-6-4-3-5-18(22)26(30)29(19)17-9-10-17/h3-8,11-14,17H,9-10H2,1-2H3. The van der Waals surface area contributed by atoms with E-state index in [9.17, 15) is 4.79 Å². The second-order valence-corrected chi connectivity index (χ2v) is 9.26. The van der Waals surface area contributed by atoms with Crippen molar-refractivity contribution in [1.82, 2.24) is 10.1 Å². The molecule has 0 bridgehead atoms. The molecule has 1 aliphatic carbocycles. The zero-order valence-corrected chi connectivity index (χ0v) is 19.5. The molecule has 0 saturated heterocycles. The molecule has 4 aromatic rings. The first-order valence-electron chi connectivity index (χ1n) is 11.0. The fourth-order valence-corrected chi connectivity index (χ4v) is 5.25. The number of methoxy groups -OCH3 is 2. The summed E-state index contributed by atoms with van der Waals surface area (Å²) < 4.78 is 16.3. The van der Waals surface area contributed by atoms with Gasteiger partial charge in [-0.05, 0) is 61.4 Å². The molecule has 7 nitrogen and oxygen atoms in total. The van der Waals surface area contributed by atoms with E-state index in [0.717, 1.165) is 45.0 Å². The smallest absolute Gasteiger partial charge is 0.259 e. The van der Waals surface area contributed by atoms with Gasteiger partial charge in [0.15, 0.2) is 11.5 Å². The second kappa shape index (κ2) is 8.22. The lowest BCUT2D eigenvalue weighted by Crippen LogP contribution is -2.32. The van der Waals surface area contributed by atoms with Crippen LogP contribution in [0.4, 0.5) is 5.69 Å². The van der Waals surface area contributed by atoms with E-state index in [1.54, 1.807) is 38.1 Å². The molecular weight excluding hydrogens is 450 g/mol. The summed E-state index contributed by atoms with van der Waals surface area (Å²) in [7, 11) is 3.18. The monoisotopic (exact) mass is 471 g/mol. The molecule has 34 heavy (non-hydrogen) atoms. The molecule has 170 valence electrons. The number of nitrogens with zero attached hydrogens (tertiary/aromatic N) is 3. The summed E-state index contributed by atoms with van der Waals surface area (Å²) in [5, 5.41) is 4.21. The van der Waals surface area contributed by atoms with Crippen LogP contribution in [0.1, 0.15) is 23.2 Å². The van der Waals surface area contributed by atoms with Gasteiger partial charge in [-0.3, -0.25) is 4.79 Å². The molecule has 1 aliphatic heterocycles. The summed E-state index contributed by atoms with van der Waals surface area (Å²) in [6, 6.07) is 19.5. The molecule has 6 rings (SSSR count). The molecule has 0 spiro atoms. The number of anilines is 1. The van der Waals surface area contributed by atoms with Crippen molar-refractivity contribution >= 4 is 23.4 Å². The number of hydrogen-bond donors (Lipinski definition) is 0. The number of rotatable bonds is 5. The molecule has 2 heterocycles. The van der Waals surface area contributed by atoms with Crippen molar-refractivity contribution in [3.05, 3.63) is 66.2 Å². The Hall–Kier alpha value is -3.78. The van der Waals surface area contributed by atoms with Gasteiger partial charge in [-0.2, -0.15) is 4.98 Å². The maximum absolute atomic E-state index is 13.3. The molecular formula is C26H21N3O4S. The average molecular weight is 472 g/mol. The van der Waals surface area contributed by atoms with E-state index in [1.807, 2.05) is 53.4 Å². The Morgan fingerprint density at radius 3 is 2.53 bits per heavy atom. The van der Waals surface area contributed by atoms with Gasteiger partial charge in [0.2, 0.25) is 5.82 Å². The minimum Gasteiger partial charge on any atom is -0.493 e. The van der Waals surface area contributed by atoms with E-state index in [4.69, 9.17) is 14.0 Å². The lowest BCUT2D eigenvalue weighted by Gasteiger charge is -2.22. The Labute approximate surface area is 200 Å². The summed E-state index contributed by atoms with van der Waals surface area (Å²) in [4.78, 5) is 21.9. The SMILES string of the molecule is COc1ccc(-c2nc(-c3ccc4c(c3)Sc3ccccc3C(=O)N4C3CC3)no2)cc1OC. The minimum atomic E-state index is 0.0624. The van der Waals surface area contributed by atoms with Crippen LogP contribution < -0.4 is 14.4 Å². The van der Waals surface area contributed by atoms with Gasteiger partial charge in [0.25, 0.3) is 11.8 Å². The summed E-state index contributed by atoms with van der Waals surface area (Å²) in [5.41, 5.74) is 3.23. The molecule has 3 aromatic carbocycles. The van der Waals surface area contributed by atoms with E-state index in [2.05, 4.69) is 10.1 Å². The number of fused-ring (bicyclic) bond motifs is 2. The Morgan fingerprint density at radius 2 is 1.74 bits per heavy atom. The van der Waals surface area contributed by atoms with Crippen molar-refractivity contribution in [2.75, 3.05) is 19.1 Å². The lowest BCUT2D eigenvalue weighted by molar-refractivity contribution is 0.0982. The third-order valence-corrected chi connectivity index (χ3v) is 7.13. The van der Waals surface area contributed by atoms with Gasteiger partial charge in [-0.25, -0.2) is 0 Å². The van der Waals surface area contributed by atoms with Gasteiger partial charge >= 0.3 is 0 Å². The number of carbonyl (C=O) groups excluding carboxylic acids is 1. The van der Waals surface area contributed by atoms with Gasteiger partial charge in [0.1, 0.15) is 0 Å². The van der Waals surface area contributed by atoms with Crippen LogP contribution in [0.2, 0.25) is 0 Å². The van der Waals surface area contributed by atoms with Crippen LogP contribution in [-0.2, 0) is 0 Å². The topological polar surface area (TPSA) is 77.7 Å². The second-order valence-electron chi connectivity index (χ2n) is 8.18. The Bertz CT molecular complexity index is 1410. The predicted molar refractivity (Wildman–Crippen MR) is 129 cm³/mol. The van der Waals surface area contributed by atoms with E-state index in [0.29, 0.717) is 23.2 Å². The number of ether oxygens (including phenoxy) is 2. The highest BCUT2D eigenvalue weighted by molar-refractivity contribution is 7.99. The number of hydrogen-bond acceptors (Lipinski definition) is 7. The van der Waals surface area contributed by atoms with Crippen LogP contribution in [0.25, 0.3) is 22.8 Å². The van der Waals surface area contributed by atoms with Crippen LogP contribution in [-0.4, -0.2) is 36.3 Å². The summed E-state index contributed by atoms with van der Waals surface area (Å²) in [5.74, 6) is 2.15. The first kappa shape index (κ1) is 20.8. The Kier molecular flexibility index (Phi) is 5.03.